The summed E-state index contributed by atoms with van der Waals surface area (Å²) in [6, 6.07) is 5.95. The summed E-state index contributed by atoms with van der Waals surface area (Å²) >= 11 is 0. The summed E-state index contributed by atoms with van der Waals surface area (Å²) in [6.07, 6.45) is 4.69. The molecule has 3 rings (SSSR count). The normalized spacial score (nSPS) is 15.3. The number of nitrogens with one attached hydrogen (secondary N) is 1. The molecule has 9 nitrogen and oxygen atoms in total. The van der Waals surface area contributed by atoms with E-state index in [4.69, 9.17) is 13.9 Å². The molecule has 1 aromatic carbocycles. The molecule has 1 N–H and O–H groups in total. The van der Waals surface area contributed by atoms with Crippen molar-refractivity contribution in [3.63, 3.8) is 0 Å². The van der Waals surface area contributed by atoms with Crippen molar-refractivity contribution in [2.45, 2.75) is 39.3 Å². The molecule has 1 atom stereocenters. The van der Waals surface area contributed by atoms with Gasteiger partial charge in [0.05, 0.1) is 26.9 Å². The van der Waals surface area contributed by atoms with Gasteiger partial charge in [-0.05, 0) is 55.7 Å². The average molecular weight is 469 g/mol. The van der Waals surface area contributed by atoms with Gasteiger partial charge in [0.1, 0.15) is 11.5 Å². The van der Waals surface area contributed by atoms with Crippen LogP contribution in [0.2, 0.25) is 0 Å². The first-order chi connectivity index (χ1) is 16.3. The molecule has 180 valence electrons. The van der Waals surface area contributed by atoms with Gasteiger partial charge in [0.25, 0.3) is 5.91 Å². The zero-order valence-corrected chi connectivity index (χ0v) is 19.7. The summed E-state index contributed by atoms with van der Waals surface area (Å²) in [5, 5.41) is 2.58. The minimum atomic E-state index is -0.644. The molecule has 2 aromatic rings. The van der Waals surface area contributed by atoms with E-state index in [0.29, 0.717) is 23.5 Å². The highest BCUT2D eigenvalue weighted by Crippen LogP contribution is 2.35. The maximum atomic E-state index is 12.9. The lowest BCUT2D eigenvalue weighted by Gasteiger charge is -2.19. The molecular weight excluding hydrogens is 440 g/mol. The molecule has 0 aliphatic carbocycles. The largest absolute Gasteiger partial charge is 0.493 e. The first kappa shape index (κ1) is 24.6. The van der Waals surface area contributed by atoms with Gasteiger partial charge in [-0.3, -0.25) is 9.69 Å². The summed E-state index contributed by atoms with van der Waals surface area (Å²) in [7, 11) is 2.78. The Labute approximate surface area is 198 Å². The van der Waals surface area contributed by atoms with Crippen LogP contribution in [0.4, 0.5) is 4.79 Å². The van der Waals surface area contributed by atoms with Crippen molar-refractivity contribution >= 4 is 24.0 Å². The standard InChI is InChI=1S/C25H28N2O7/c1-6-8-17-11-16(13-21(31-4)22(17)33-15(3)7-2)12-19-23(28)27(25(30)26-19)14-18-9-10-20(34-18)24(29)32-5/h6,9-13,15H,1,7-8,14H2,2-5H3,(H,26,30)/b19-12-/t15-/m1/s1. The summed E-state index contributed by atoms with van der Waals surface area (Å²) in [4.78, 5) is 37.9. The third kappa shape index (κ3) is 5.31. The third-order valence-electron chi connectivity index (χ3n) is 5.27. The molecule has 1 aliphatic heterocycles. The van der Waals surface area contributed by atoms with E-state index in [1.165, 1.54) is 19.2 Å². The number of urea groups is 1. The predicted octanol–water partition coefficient (Wildman–Crippen LogP) is 4.07. The first-order valence-corrected chi connectivity index (χ1v) is 10.8. The van der Waals surface area contributed by atoms with Crippen LogP contribution in [0.15, 0.2) is 47.0 Å². The maximum Gasteiger partial charge on any atom is 0.373 e. The number of rotatable bonds is 10. The molecule has 0 bridgehead atoms. The van der Waals surface area contributed by atoms with Gasteiger partial charge in [-0.15, -0.1) is 6.58 Å². The Morgan fingerprint density at radius 1 is 1.26 bits per heavy atom. The van der Waals surface area contributed by atoms with Crippen molar-refractivity contribution in [2.24, 2.45) is 0 Å². The number of carbonyl (C=O) groups excluding carboxylic acids is 3. The summed E-state index contributed by atoms with van der Waals surface area (Å²) < 4.78 is 21.6. The van der Waals surface area contributed by atoms with Gasteiger partial charge in [0.15, 0.2) is 11.5 Å². The van der Waals surface area contributed by atoms with E-state index < -0.39 is 17.9 Å². The smallest absolute Gasteiger partial charge is 0.373 e. The molecular formula is C25H28N2O7. The van der Waals surface area contributed by atoms with E-state index in [1.54, 1.807) is 25.3 Å². The number of esters is 1. The highest BCUT2D eigenvalue weighted by atomic mass is 16.5. The number of methoxy groups -OCH3 is 2. The molecule has 3 amide bonds. The SMILES string of the molecule is C=CCc1cc(/C=C2\NC(=O)N(Cc3ccc(C(=O)OC)o3)C2=O)cc(OC)c1O[C@H](C)CC. The second-order valence-corrected chi connectivity index (χ2v) is 7.68. The van der Waals surface area contributed by atoms with Crippen LogP contribution in [0.25, 0.3) is 6.08 Å². The number of carbonyl (C=O) groups is 3. The fraction of sp³-hybridized carbons (Fsp3) is 0.320. The van der Waals surface area contributed by atoms with Gasteiger partial charge in [-0.25, -0.2) is 9.59 Å². The first-order valence-electron chi connectivity index (χ1n) is 10.8. The Hall–Kier alpha value is -4.01. The third-order valence-corrected chi connectivity index (χ3v) is 5.27. The van der Waals surface area contributed by atoms with Crippen molar-refractivity contribution in [1.82, 2.24) is 10.2 Å². The van der Waals surface area contributed by atoms with E-state index >= 15 is 0 Å². The molecule has 1 saturated heterocycles. The van der Waals surface area contributed by atoms with Gasteiger partial charge < -0.3 is 23.9 Å². The zero-order chi connectivity index (χ0) is 24.8. The fourth-order valence-corrected chi connectivity index (χ4v) is 3.35. The van der Waals surface area contributed by atoms with E-state index in [0.717, 1.165) is 16.9 Å². The number of amides is 3. The monoisotopic (exact) mass is 468 g/mol. The van der Waals surface area contributed by atoms with E-state index in [2.05, 4.69) is 16.6 Å². The van der Waals surface area contributed by atoms with Crippen molar-refractivity contribution in [2.75, 3.05) is 14.2 Å². The zero-order valence-electron chi connectivity index (χ0n) is 19.7. The van der Waals surface area contributed by atoms with E-state index in [-0.39, 0.29) is 29.9 Å². The Bertz CT molecular complexity index is 1130. The number of furan rings is 1. The maximum absolute atomic E-state index is 12.9. The molecule has 1 aliphatic rings. The number of nitrogens with zero attached hydrogens (tertiary/aromatic N) is 1. The van der Waals surface area contributed by atoms with Crippen LogP contribution in [-0.4, -0.2) is 43.1 Å². The van der Waals surface area contributed by atoms with Crippen LogP contribution in [-0.2, 0) is 22.5 Å². The molecule has 34 heavy (non-hydrogen) atoms. The van der Waals surface area contributed by atoms with Crippen LogP contribution >= 0.6 is 0 Å². The summed E-state index contributed by atoms with van der Waals surface area (Å²) in [6.45, 7) is 7.68. The Morgan fingerprint density at radius 3 is 2.68 bits per heavy atom. The predicted molar refractivity (Wildman–Crippen MR) is 124 cm³/mol. The molecule has 0 saturated carbocycles. The Balaban J connectivity index is 1.87. The lowest BCUT2D eigenvalue weighted by molar-refractivity contribution is -0.123. The highest BCUT2D eigenvalue weighted by molar-refractivity contribution is 6.13. The molecule has 1 aromatic heterocycles. The van der Waals surface area contributed by atoms with E-state index in [9.17, 15) is 14.4 Å². The van der Waals surface area contributed by atoms with Crippen molar-refractivity contribution in [3.05, 3.63) is 65.3 Å². The number of ether oxygens (including phenoxy) is 3. The Kier molecular flexibility index (Phi) is 7.78. The van der Waals surface area contributed by atoms with Gasteiger partial charge in [0, 0.05) is 5.56 Å². The second kappa shape index (κ2) is 10.7. The molecule has 2 heterocycles. The lowest BCUT2D eigenvalue weighted by Crippen LogP contribution is -2.30. The Morgan fingerprint density at radius 2 is 2.03 bits per heavy atom. The number of allylic oxidation sites excluding steroid dienone is 1. The number of benzene rings is 1. The number of imide groups is 1. The van der Waals surface area contributed by atoms with Gasteiger partial charge in [0.2, 0.25) is 5.76 Å². The van der Waals surface area contributed by atoms with Crippen LogP contribution in [0, 0.1) is 0 Å². The van der Waals surface area contributed by atoms with Crippen molar-refractivity contribution < 1.29 is 33.0 Å². The van der Waals surface area contributed by atoms with E-state index in [1.807, 2.05) is 19.9 Å². The molecule has 1 fully saturated rings. The molecule has 0 unspecified atom stereocenters. The van der Waals surface area contributed by atoms with Crippen molar-refractivity contribution in [1.29, 1.82) is 0 Å². The number of hydrogen-bond donors (Lipinski definition) is 1. The van der Waals surface area contributed by atoms with Crippen LogP contribution in [0.5, 0.6) is 11.5 Å². The topological polar surface area (TPSA) is 107 Å². The van der Waals surface area contributed by atoms with Gasteiger partial charge in [-0.1, -0.05) is 13.0 Å². The van der Waals surface area contributed by atoms with Crippen molar-refractivity contribution in [3.8, 4) is 11.5 Å². The summed E-state index contributed by atoms with van der Waals surface area (Å²) in [5.41, 5.74) is 1.61. The van der Waals surface area contributed by atoms with Crippen LogP contribution < -0.4 is 14.8 Å². The highest BCUT2D eigenvalue weighted by Gasteiger charge is 2.34. The fourth-order valence-electron chi connectivity index (χ4n) is 3.35. The molecule has 9 heteroatoms. The summed E-state index contributed by atoms with van der Waals surface area (Å²) in [5.74, 6) is 0.236. The quantitative estimate of drug-likeness (QED) is 0.242. The van der Waals surface area contributed by atoms with Crippen LogP contribution in [0.3, 0.4) is 0 Å². The van der Waals surface area contributed by atoms with Crippen LogP contribution in [0.1, 0.15) is 47.7 Å². The van der Waals surface area contributed by atoms with Gasteiger partial charge in [-0.2, -0.15) is 0 Å². The minimum Gasteiger partial charge on any atom is -0.493 e. The second-order valence-electron chi connectivity index (χ2n) is 7.68. The van der Waals surface area contributed by atoms with Gasteiger partial charge >= 0.3 is 12.0 Å². The number of hydrogen-bond acceptors (Lipinski definition) is 7. The minimum absolute atomic E-state index is 0.00720. The lowest BCUT2D eigenvalue weighted by atomic mass is 10.0. The molecule has 0 spiro atoms. The average Bonchev–Trinajstić information content (AvgIpc) is 3.40. The molecule has 0 radical (unpaired) electrons.